The Bertz CT molecular complexity index is 760. The molecule has 1 rings (SSSR count). The van der Waals surface area contributed by atoms with Crippen molar-refractivity contribution in [1.29, 1.82) is 0 Å². The molecular weight excluding hydrogens is 418 g/mol. The first-order chi connectivity index (χ1) is 15.2. The van der Waals surface area contributed by atoms with E-state index in [0.29, 0.717) is 19.4 Å². The number of carboxylic acid groups (broad SMARTS) is 1. The minimum Gasteiger partial charge on any atom is -0.480 e. The molecule has 0 radical (unpaired) electrons. The number of carboxylic acids is 1. The number of carbonyl (C=O) groups is 4. The van der Waals surface area contributed by atoms with E-state index >= 15 is 0 Å². The summed E-state index contributed by atoms with van der Waals surface area (Å²) in [6.45, 7) is 0.977. The normalized spacial score (nSPS) is 14.5. The smallest absolute Gasteiger partial charge is 0.325 e. The van der Waals surface area contributed by atoms with Gasteiger partial charge in [0.05, 0.1) is 12.6 Å². The Morgan fingerprint density at radius 1 is 0.938 bits per heavy atom. The van der Waals surface area contributed by atoms with Gasteiger partial charge in [0.2, 0.25) is 17.7 Å². The number of aliphatic hydroxyl groups excluding tert-OH is 1. The first kappa shape index (κ1) is 27.0. The van der Waals surface area contributed by atoms with E-state index < -0.39 is 54.5 Å². The number of aliphatic carboxylic acids is 1. The summed E-state index contributed by atoms with van der Waals surface area (Å²) >= 11 is 0. The third-order valence-corrected chi connectivity index (χ3v) is 4.76. The van der Waals surface area contributed by atoms with Crippen molar-refractivity contribution < 1.29 is 29.4 Å². The van der Waals surface area contributed by atoms with Gasteiger partial charge in [0.15, 0.2) is 0 Å². The molecule has 0 aliphatic heterocycles. The lowest BCUT2D eigenvalue weighted by molar-refractivity contribution is -0.141. The number of hydrogen-bond donors (Lipinski definition) is 7. The van der Waals surface area contributed by atoms with Gasteiger partial charge in [-0.25, -0.2) is 0 Å². The molecular formula is C21H33N5O6. The van der Waals surface area contributed by atoms with Gasteiger partial charge in [-0.15, -0.1) is 0 Å². The molecule has 0 aliphatic rings. The molecule has 0 saturated carbocycles. The lowest BCUT2D eigenvalue weighted by Crippen LogP contribution is -2.58. The highest BCUT2D eigenvalue weighted by Crippen LogP contribution is 2.04. The van der Waals surface area contributed by atoms with E-state index in [1.165, 1.54) is 6.92 Å². The van der Waals surface area contributed by atoms with E-state index in [0.717, 1.165) is 5.56 Å². The van der Waals surface area contributed by atoms with Crippen molar-refractivity contribution in [1.82, 2.24) is 16.0 Å². The second-order valence-electron chi connectivity index (χ2n) is 7.45. The van der Waals surface area contributed by atoms with Crippen molar-refractivity contribution in [2.75, 3.05) is 13.2 Å². The van der Waals surface area contributed by atoms with Gasteiger partial charge in [-0.05, 0) is 44.7 Å². The summed E-state index contributed by atoms with van der Waals surface area (Å²) in [4.78, 5) is 48.4. The predicted octanol–water partition coefficient (Wildman–Crippen LogP) is -1.76. The number of rotatable bonds is 14. The second-order valence-corrected chi connectivity index (χ2v) is 7.45. The fraction of sp³-hybridized carbons (Fsp3) is 0.524. The third-order valence-electron chi connectivity index (χ3n) is 4.76. The highest BCUT2D eigenvalue weighted by Gasteiger charge is 2.28. The van der Waals surface area contributed by atoms with Crippen LogP contribution in [0, 0.1) is 0 Å². The highest BCUT2D eigenvalue weighted by atomic mass is 16.4. The van der Waals surface area contributed by atoms with Gasteiger partial charge in [-0.2, -0.15) is 0 Å². The fourth-order valence-electron chi connectivity index (χ4n) is 2.84. The van der Waals surface area contributed by atoms with E-state index in [-0.39, 0.29) is 12.8 Å². The molecule has 0 heterocycles. The number of nitrogens with one attached hydrogen (secondary N) is 3. The maximum absolute atomic E-state index is 12.6. The Labute approximate surface area is 186 Å². The average Bonchev–Trinajstić information content (AvgIpc) is 2.76. The predicted molar refractivity (Wildman–Crippen MR) is 117 cm³/mol. The quantitative estimate of drug-likeness (QED) is 0.161. The maximum atomic E-state index is 12.6. The van der Waals surface area contributed by atoms with E-state index in [1.807, 2.05) is 30.3 Å². The van der Waals surface area contributed by atoms with Gasteiger partial charge in [-0.3, -0.25) is 19.2 Å². The van der Waals surface area contributed by atoms with Gasteiger partial charge >= 0.3 is 5.97 Å². The molecule has 0 aliphatic carbocycles. The van der Waals surface area contributed by atoms with E-state index in [1.54, 1.807) is 0 Å². The lowest BCUT2D eigenvalue weighted by atomic mass is 10.1. The fourth-order valence-corrected chi connectivity index (χ4v) is 2.84. The molecule has 0 saturated heterocycles. The number of amides is 3. The van der Waals surface area contributed by atoms with Crippen LogP contribution in [0.3, 0.4) is 0 Å². The zero-order valence-corrected chi connectivity index (χ0v) is 18.1. The van der Waals surface area contributed by atoms with Gasteiger partial charge in [-0.1, -0.05) is 30.3 Å². The van der Waals surface area contributed by atoms with Crippen LogP contribution in [0.1, 0.15) is 31.7 Å². The van der Waals surface area contributed by atoms with Crippen molar-refractivity contribution in [2.24, 2.45) is 11.5 Å². The summed E-state index contributed by atoms with van der Waals surface area (Å²) in [5.74, 6) is -3.33. The van der Waals surface area contributed by atoms with Gasteiger partial charge in [0.25, 0.3) is 0 Å². The highest BCUT2D eigenvalue weighted by molar-refractivity contribution is 5.94. The number of hydrogen-bond acceptors (Lipinski definition) is 7. The molecule has 0 bridgehead atoms. The first-order valence-corrected chi connectivity index (χ1v) is 10.4. The number of aliphatic hydroxyl groups is 1. The van der Waals surface area contributed by atoms with Crippen molar-refractivity contribution in [3.63, 3.8) is 0 Å². The Morgan fingerprint density at radius 3 is 2.09 bits per heavy atom. The monoisotopic (exact) mass is 451 g/mol. The minimum atomic E-state index is -1.33. The third kappa shape index (κ3) is 9.41. The number of unbranched alkanes of at least 4 members (excludes halogenated alkanes) is 1. The van der Waals surface area contributed by atoms with Crippen LogP contribution in [-0.2, 0) is 25.6 Å². The van der Waals surface area contributed by atoms with Crippen molar-refractivity contribution in [3.8, 4) is 0 Å². The van der Waals surface area contributed by atoms with Crippen LogP contribution in [0.5, 0.6) is 0 Å². The van der Waals surface area contributed by atoms with E-state index in [2.05, 4.69) is 16.0 Å². The van der Waals surface area contributed by atoms with Gasteiger partial charge in [0, 0.05) is 0 Å². The van der Waals surface area contributed by atoms with Crippen molar-refractivity contribution in [2.45, 2.75) is 56.8 Å². The minimum absolute atomic E-state index is 0.209. The topological polar surface area (TPSA) is 197 Å². The molecule has 9 N–H and O–H groups in total. The van der Waals surface area contributed by atoms with Crippen LogP contribution in [0.2, 0.25) is 0 Å². The van der Waals surface area contributed by atoms with Crippen LogP contribution in [0.15, 0.2) is 30.3 Å². The molecule has 4 atom stereocenters. The van der Waals surface area contributed by atoms with Crippen LogP contribution < -0.4 is 27.4 Å². The molecule has 11 nitrogen and oxygen atoms in total. The molecule has 0 fully saturated rings. The maximum Gasteiger partial charge on any atom is 0.325 e. The Hall–Kier alpha value is -3.02. The summed E-state index contributed by atoms with van der Waals surface area (Å²) < 4.78 is 0. The first-order valence-electron chi connectivity index (χ1n) is 10.4. The standard InChI is InChI=1S/C21H33N5O6/c1-13(21(31)32)24-19(29)16(9-5-6-10-22)25-20(30)17(12-27)26-18(28)15(23)11-14-7-3-2-4-8-14/h2-4,7-8,13,15-17,27H,5-6,9-12,22-23H2,1H3,(H,24,29)(H,25,30)(H,26,28)(H,31,32). The van der Waals surface area contributed by atoms with Crippen LogP contribution >= 0.6 is 0 Å². The molecule has 1 aromatic carbocycles. The molecule has 178 valence electrons. The zero-order valence-electron chi connectivity index (χ0n) is 18.1. The Morgan fingerprint density at radius 2 is 1.53 bits per heavy atom. The molecule has 4 unspecified atom stereocenters. The van der Waals surface area contributed by atoms with Gasteiger partial charge < -0.3 is 37.6 Å². The summed E-state index contributed by atoms with van der Waals surface area (Å²) in [6, 6.07) is 4.60. The van der Waals surface area contributed by atoms with Gasteiger partial charge in [0.1, 0.15) is 18.1 Å². The lowest BCUT2D eigenvalue weighted by Gasteiger charge is -2.24. The molecule has 0 spiro atoms. The second kappa shape index (κ2) is 14.1. The summed E-state index contributed by atoms with van der Waals surface area (Å²) in [6.07, 6.45) is 1.56. The molecule has 32 heavy (non-hydrogen) atoms. The molecule has 1 aromatic rings. The molecule has 3 amide bonds. The SMILES string of the molecule is CC(NC(=O)C(CCCCN)NC(=O)C(CO)NC(=O)C(N)Cc1ccccc1)C(=O)O. The summed E-state index contributed by atoms with van der Waals surface area (Å²) in [7, 11) is 0. The van der Waals surface area contributed by atoms with Crippen LogP contribution in [0.4, 0.5) is 0 Å². The summed E-state index contributed by atoms with van der Waals surface area (Å²) in [5.41, 5.74) is 12.2. The van der Waals surface area contributed by atoms with Crippen molar-refractivity contribution in [3.05, 3.63) is 35.9 Å². The summed E-state index contributed by atoms with van der Waals surface area (Å²) in [5, 5.41) is 25.7. The zero-order chi connectivity index (χ0) is 24.1. The Kier molecular flexibility index (Phi) is 11.9. The Balaban J connectivity index is 2.75. The van der Waals surface area contributed by atoms with Crippen LogP contribution in [-0.4, -0.2) is 71.2 Å². The van der Waals surface area contributed by atoms with Crippen LogP contribution in [0.25, 0.3) is 0 Å². The van der Waals surface area contributed by atoms with Crippen molar-refractivity contribution >= 4 is 23.7 Å². The molecule has 0 aromatic heterocycles. The number of benzene rings is 1. The number of nitrogens with two attached hydrogens (primary N) is 2. The van der Waals surface area contributed by atoms with E-state index in [4.69, 9.17) is 16.6 Å². The number of carbonyl (C=O) groups excluding carboxylic acids is 3. The average molecular weight is 452 g/mol. The van der Waals surface area contributed by atoms with E-state index in [9.17, 15) is 24.3 Å². The molecule has 11 heteroatoms. The largest absolute Gasteiger partial charge is 0.480 e.